The van der Waals surface area contributed by atoms with Gasteiger partial charge in [0, 0.05) is 6.42 Å². The van der Waals surface area contributed by atoms with Crippen LogP contribution in [0.2, 0.25) is 0 Å². The summed E-state index contributed by atoms with van der Waals surface area (Å²) in [6.45, 7) is 4.99. The molecule has 0 spiro atoms. The van der Waals surface area contributed by atoms with Crippen LogP contribution < -0.4 is 10.5 Å². The second kappa shape index (κ2) is 6.33. The van der Waals surface area contributed by atoms with E-state index in [9.17, 15) is 0 Å². The zero-order chi connectivity index (χ0) is 13.7. The number of nitrogens with two attached hydrogens (primary N) is 1. The normalized spacial score (nSPS) is 10.7. The third-order valence-corrected chi connectivity index (χ3v) is 2.66. The van der Waals surface area contributed by atoms with Crippen molar-refractivity contribution in [3.05, 3.63) is 41.1 Å². The molecule has 0 saturated heterocycles. The standard InChI is InChI=1S/C14H19N3O2/c1-10-6-11(2)8-12(7-10)18-9-14-17-16-13(19-14)4-3-5-15/h6-8H,3-5,9,15H2,1-2H3. The van der Waals surface area contributed by atoms with Gasteiger partial charge in [0.25, 0.3) is 5.89 Å². The van der Waals surface area contributed by atoms with Gasteiger partial charge in [-0.3, -0.25) is 0 Å². The highest BCUT2D eigenvalue weighted by atomic mass is 16.5. The lowest BCUT2D eigenvalue weighted by Gasteiger charge is -2.05. The monoisotopic (exact) mass is 261 g/mol. The first-order valence-electron chi connectivity index (χ1n) is 6.40. The van der Waals surface area contributed by atoms with E-state index in [1.165, 1.54) is 11.1 Å². The highest BCUT2D eigenvalue weighted by Gasteiger charge is 2.06. The Hall–Kier alpha value is -1.88. The van der Waals surface area contributed by atoms with Crippen LogP contribution in [0.5, 0.6) is 5.75 Å². The minimum absolute atomic E-state index is 0.290. The number of aromatic nitrogens is 2. The van der Waals surface area contributed by atoms with Crippen molar-refractivity contribution in [2.24, 2.45) is 5.73 Å². The van der Waals surface area contributed by atoms with Crippen molar-refractivity contribution in [1.29, 1.82) is 0 Å². The summed E-state index contributed by atoms with van der Waals surface area (Å²) < 4.78 is 11.1. The maximum Gasteiger partial charge on any atom is 0.253 e. The second-order valence-corrected chi connectivity index (χ2v) is 4.59. The molecule has 0 aliphatic carbocycles. The highest BCUT2D eigenvalue weighted by molar-refractivity contribution is 5.32. The Morgan fingerprint density at radius 2 is 1.79 bits per heavy atom. The average molecular weight is 261 g/mol. The SMILES string of the molecule is Cc1cc(C)cc(OCc2nnc(CCCN)o2)c1. The van der Waals surface area contributed by atoms with Gasteiger partial charge in [-0.05, 0) is 50.1 Å². The van der Waals surface area contributed by atoms with E-state index in [1.54, 1.807) is 0 Å². The Balaban J connectivity index is 1.92. The molecule has 0 unspecified atom stereocenters. The van der Waals surface area contributed by atoms with Crippen LogP contribution >= 0.6 is 0 Å². The first kappa shape index (κ1) is 13.5. The summed E-state index contributed by atoms with van der Waals surface area (Å²) >= 11 is 0. The van der Waals surface area contributed by atoms with Crippen molar-refractivity contribution >= 4 is 0 Å². The molecular formula is C14H19N3O2. The van der Waals surface area contributed by atoms with Crippen LogP contribution in [-0.4, -0.2) is 16.7 Å². The summed E-state index contributed by atoms with van der Waals surface area (Å²) in [5, 5.41) is 7.90. The van der Waals surface area contributed by atoms with Crippen molar-refractivity contribution in [2.75, 3.05) is 6.54 Å². The molecule has 1 aromatic heterocycles. The summed E-state index contributed by atoms with van der Waals surface area (Å²) in [6, 6.07) is 6.07. The highest BCUT2D eigenvalue weighted by Crippen LogP contribution is 2.17. The summed E-state index contributed by atoms with van der Waals surface area (Å²) in [4.78, 5) is 0. The second-order valence-electron chi connectivity index (χ2n) is 4.59. The van der Waals surface area contributed by atoms with Crippen LogP contribution in [0, 0.1) is 13.8 Å². The molecule has 2 N–H and O–H groups in total. The minimum atomic E-state index is 0.290. The molecule has 0 aliphatic rings. The fraction of sp³-hybridized carbons (Fsp3) is 0.429. The van der Waals surface area contributed by atoms with E-state index >= 15 is 0 Å². The number of nitrogens with zero attached hydrogens (tertiary/aromatic N) is 2. The van der Waals surface area contributed by atoms with Gasteiger partial charge >= 0.3 is 0 Å². The summed E-state index contributed by atoms with van der Waals surface area (Å²) in [5.41, 5.74) is 7.77. The molecule has 0 atom stereocenters. The van der Waals surface area contributed by atoms with Crippen molar-refractivity contribution in [3.63, 3.8) is 0 Å². The third kappa shape index (κ3) is 4.06. The molecule has 0 aliphatic heterocycles. The van der Waals surface area contributed by atoms with E-state index in [-0.39, 0.29) is 0 Å². The molecule has 1 heterocycles. The van der Waals surface area contributed by atoms with Gasteiger partial charge in [-0.25, -0.2) is 0 Å². The summed E-state index contributed by atoms with van der Waals surface area (Å²) in [5.74, 6) is 1.93. The van der Waals surface area contributed by atoms with Gasteiger partial charge in [0.2, 0.25) is 5.89 Å². The van der Waals surface area contributed by atoms with Gasteiger partial charge in [0.1, 0.15) is 5.75 Å². The topological polar surface area (TPSA) is 74.2 Å². The minimum Gasteiger partial charge on any atom is -0.484 e. The number of hydrogen-bond acceptors (Lipinski definition) is 5. The van der Waals surface area contributed by atoms with Crippen molar-refractivity contribution in [3.8, 4) is 5.75 Å². The molecule has 102 valence electrons. The number of benzene rings is 1. The van der Waals surface area contributed by atoms with E-state index in [2.05, 4.69) is 16.3 Å². The molecule has 0 fully saturated rings. The van der Waals surface area contributed by atoms with Gasteiger partial charge in [-0.2, -0.15) is 0 Å². The summed E-state index contributed by atoms with van der Waals surface area (Å²) in [7, 11) is 0. The zero-order valence-corrected chi connectivity index (χ0v) is 11.3. The van der Waals surface area contributed by atoms with E-state index in [0.717, 1.165) is 12.2 Å². The Labute approximate surface area is 112 Å². The quantitative estimate of drug-likeness (QED) is 0.862. The van der Waals surface area contributed by atoms with Crippen molar-refractivity contribution in [2.45, 2.75) is 33.3 Å². The molecule has 5 nitrogen and oxygen atoms in total. The third-order valence-electron chi connectivity index (χ3n) is 2.66. The number of ether oxygens (including phenoxy) is 1. The van der Waals surface area contributed by atoms with E-state index < -0.39 is 0 Å². The maximum atomic E-state index is 5.65. The van der Waals surface area contributed by atoms with Gasteiger partial charge in [-0.1, -0.05) is 6.07 Å². The largest absolute Gasteiger partial charge is 0.484 e. The van der Waals surface area contributed by atoms with Gasteiger partial charge < -0.3 is 14.9 Å². The maximum absolute atomic E-state index is 5.65. The molecule has 2 aromatic rings. The van der Waals surface area contributed by atoms with Crippen molar-refractivity contribution < 1.29 is 9.15 Å². The molecule has 0 bridgehead atoms. The molecule has 0 saturated carbocycles. The molecule has 1 aromatic carbocycles. The molecule has 5 heteroatoms. The molecule has 0 amide bonds. The fourth-order valence-corrected chi connectivity index (χ4v) is 1.86. The van der Waals surface area contributed by atoms with E-state index in [0.29, 0.717) is 31.4 Å². The summed E-state index contributed by atoms with van der Waals surface area (Å²) in [6.07, 6.45) is 1.56. The molecular weight excluding hydrogens is 242 g/mol. The predicted molar refractivity (Wildman–Crippen MR) is 71.9 cm³/mol. The Morgan fingerprint density at radius 3 is 2.47 bits per heavy atom. The fourth-order valence-electron chi connectivity index (χ4n) is 1.86. The van der Waals surface area contributed by atoms with Gasteiger partial charge in [0.05, 0.1) is 0 Å². The van der Waals surface area contributed by atoms with Gasteiger partial charge in [0.15, 0.2) is 6.61 Å². The lowest BCUT2D eigenvalue weighted by Crippen LogP contribution is -2.00. The predicted octanol–water partition coefficient (Wildman–Crippen LogP) is 2.16. The van der Waals surface area contributed by atoms with Crippen LogP contribution in [0.1, 0.15) is 29.3 Å². The number of aryl methyl sites for hydroxylation is 3. The molecule has 0 radical (unpaired) electrons. The van der Waals surface area contributed by atoms with E-state index in [1.807, 2.05) is 26.0 Å². The molecule has 2 rings (SSSR count). The van der Waals surface area contributed by atoms with Crippen LogP contribution in [0.4, 0.5) is 0 Å². The first-order valence-corrected chi connectivity index (χ1v) is 6.40. The molecule has 19 heavy (non-hydrogen) atoms. The Bertz CT molecular complexity index is 517. The van der Waals surface area contributed by atoms with Gasteiger partial charge in [-0.15, -0.1) is 10.2 Å². The first-order chi connectivity index (χ1) is 9.17. The van der Waals surface area contributed by atoms with Crippen LogP contribution in [0.15, 0.2) is 22.6 Å². The lowest BCUT2D eigenvalue weighted by atomic mass is 10.1. The van der Waals surface area contributed by atoms with Crippen LogP contribution in [-0.2, 0) is 13.0 Å². The Morgan fingerprint density at radius 1 is 1.11 bits per heavy atom. The zero-order valence-electron chi connectivity index (χ0n) is 11.3. The number of rotatable bonds is 6. The average Bonchev–Trinajstić information content (AvgIpc) is 2.81. The van der Waals surface area contributed by atoms with E-state index in [4.69, 9.17) is 14.9 Å². The Kier molecular flexibility index (Phi) is 4.52. The lowest BCUT2D eigenvalue weighted by molar-refractivity contribution is 0.258. The number of hydrogen-bond donors (Lipinski definition) is 1. The van der Waals surface area contributed by atoms with Crippen LogP contribution in [0.25, 0.3) is 0 Å². The smallest absolute Gasteiger partial charge is 0.253 e. The van der Waals surface area contributed by atoms with Crippen LogP contribution in [0.3, 0.4) is 0 Å². The van der Waals surface area contributed by atoms with Crippen molar-refractivity contribution in [1.82, 2.24) is 10.2 Å².